The smallest absolute Gasteiger partial charge is 0.341 e. The Hall–Kier alpha value is -1.31. The van der Waals surface area contributed by atoms with Crippen LogP contribution < -0.4 is 0 Å². The molecule has 84 valence electrons. The fraction of sp³-hybridized carbons (Fsp3) is 0.231. The van der Waals surface area contributed by atoms with Gasteiger partial charge in [0.1, 0.15) is 0 Å². The average molecular weight is 281 g/mol. The topological polar surface area (TPSA) is 26.3 Å². The van der Waals surface area contributed by atoms with E-state index in [4.69, 9.17) is 4.74 Å². The second-order valence-corrected chi connectivity index (χ2v) is 4.01. The van der Waals surface area contributed by atoms with E-state index in [9.17, 15) is 4.79 Å². The van der Waals surface area contributed by atoms with Crippen LogP contribution in [0.3, 0.4) is 0 Å². The predicted molar refractivity (Wildman–Crippen MR) is 67.9 cm³/mol. The second kappa shape index (κ2) is 6.31. The van der Waals surface area contributed by atoms with Crippen molar-refractivity contribution in [2.24, 2.45) is 0 Å². The Morgan fingerprint density at radius 3 is 2.81 bits per heavy atom. The van der Waals surface area contributed by atoms with E-state index >= 15 is 0 Å². The molecular weight excluding hydrogens is 268 g/mol. The quantitative estimate of drug-likeness (QED) is 0.481. The lowest BCUT2D eigenvalue weighted by atomic mass is 10.2. The molecule has 1 aromatic carbocycles. The van der Waals surface area contributed by atoms with Crippen LogP contribution in [0.25, 0.3) is 6.08 Å². The molecule has 0 aliphatic heterocycles. The van der Waals surface area contributed by atoms with Crippen molar-refractivity contribution >= 4 is 28.0 Å². The molecule has 0 fully saturated rings. The lowest BCUT2D eigenvalue weighted by molar-refractivity contribution is -0.138. The summed E-state index contributed by atoms with van der Waals surface area (Å²) in [6, 6.07) is 7.74. The molecule has 0 aliphatic carbocycles. The van der Waals surface area contributed by atoms with E-state index in [1.165, 1.54) is 0 Å². The number of esters is 1. The Morgan fingerprint density at radius 2 is 2.19 bits per heavy atom. The van der Waals surface area contributed by atoms with Crippen LogP contribution in [-0.4, -0.2) is 12.6 Å². The molecule has 1 rings (SSSR count). The molecule has 0 amide bonds. The van der Waals surface area contributed by atoms with Crippen molar-refractivity contribution in [3.63, 3.8) is 0 Å². The fourth-order valence-electron chi connectivity index (χ4n) is 1.08. The summed E-state index contributed by atoms with van der Waals surface area (Å²) >= 11 is 3.42. The Labute approximate surface area is 104 Å². The van der Waals surface area contributed by atoms with Crippen molar-refractivity contribution in [1.82, 2.24) is 0 Å². The van der Waals surface area contributed by atoms with Gasteiger partial charge in [0.2, 0.25) is 0 Å². The highest BCUT2D eigenvalue weighted by atomic mass is 79.9. The van der Waals surface area contributed by atoms with Crippen LogP contribution in [0.5, 0.6) is 0 Å². The van der Waals surface area contributed by atoms with Crippen molar-refractivity contribution in [3.05, 3.63) is 45.6 Å². The van der Waals surface area contributed by atoms with Crippen molar-refractivity contribution < 1.29 is 9.53 Å². The number of ether oxygens (including phenoxy) is 1. The maximum Gasteiger partial charge on any atom is 0.341 e. The highest BCUT2D eigenvalue weighted by molar-refractivity contribution is 9.10. The molecular formula is C13H13BrO2. The lowest BCUT2D eigenvalue weighted by Crippen LogP contribution is -2.03. The molecule has 0 spiro atoms. The maximum atomic E-state index is 11.3. The van der Waals surface area contributed by atoms with E-state index < -0.39 is 0 Å². The third-order valence-corrected chi connectivity index (χ3v) is 2.65. The molecule has 0 atom stereocenters. The van der Waals surface area contributed by atoms with Crippen molar-refractivity contribution in [2.45, 2.75) is 13.8 Å². The number of hydrogen-bond donors (Lipinski definition) is 0. The molecule has 0 aromatic heterocycles. The van der Waals surface area contributed by atoms with E-state index in [1.807, 2.05) is 24.3 Å². The molecule has 0 heterocycles. The van der Waals surface area contributed by atoms with Crippen LogP contribution in [0, 0.1) is 0 Å². The first-order valence-corrected chi connectivity index (χ1v) is 5.79. The summed E-state index contributed by atoms with van der Waals surface area (Å²) < 4.78 is 5.82. The number of hydrogen-bond acceptors (Lipinski definition) is 2. The molecule has 1 aromatic rings. The van der Waals surface area contributed by atoms with E-state index in [2.05, 4.69) is 21.7 Å². The molecule has 0 saturated carbocycles. The van der Waals surface area contributed by atoms with Crippen LogP contribution >= 0.6 is 15.9 Å². The zero-order valence-electron chi connectivity index (χ0n) is 9.29. The van der Waals surface area contributed by atoms with E-state index in [1.54, 1.807) is 19.9 Å². The Morgan fingerprint density at radius 1 is 1.50 bits per heavy atom. The summed E-state index contributed by atoms with van der Waals surface area (Å²) in [5.41, 5.74) is 4.36. The fourth-order valence-corrected chi connectivity index (χ4v) is 1.48. The molecule has 0 radical (unpaired) electrons. The molecule has 0 N–H and O–H groups in total. The zero-order chi connectivity index (χ0) is 12.0. The van der Waals surface area contributed by atoms with Crippen LogP contribution in [0.4, 0.5) is 0 Å². The highest BCUT2D eigenvalue weighted by Crippen LogP contribution is 2.16. The van der Waals surface area contributed by atoms with Gasteiger partial charge in [-0.05, 0) is 31.6 Å². The van der Waals surface area contributed by atoms with Crippen molar-refractivity contribution in [1.29, 1.82) is 0 Å². The summed E-state index contributed by atoms with van der Waals surface area (Å²) in [4.78, 5) is 11.3. The van der Waals surface area contributed by atoms with E-state index in [-0.39, 0.29) is 5.97 Å². The van der Waals surface area contributed by atoms with Crippen LogP contribution in [-0.2, 0) is 9.53 Å². The Bertz CT molecular complexity index is 443. The van der Waals surface area contributed by atoms with Gasteiger partial charge in [0.05, 0.1) is 12.2 Å². The third kappa shape index (κ3) is 3.69. The highest BCUT2D eigenvalue weighted by Gasteiger charge is 2.02. The summed E-state index contributed by atoms with van der Waals surface area (Å²) in [5.74, 6) is -0.328. The first-order chi connectivity index (χ1) is 7.65. The molecule has 0 saturated heterocycles. The van der Waals surface area contributed by atoms with Gasteiger partial charge in [0.15, 0.2) is 0 Å². The van der Waals surface area contributed by atoms with Crippen LogP contribution in [0.1, 0.15) is 19.4 Å². The number of rotatable bonds is 3. The van der Waals surface area contributed by atoms with Crippen molar-refractivity contribution in [2.75, 3.05) is 6.61 Å². The normalized spacial score (nSPS) is 9.19. The van der Waals surface area contributed by atoms with Crippen molar-refractivity contribution in [3.8, 4) is 0 Å². The number of carbonyl (C=O) groups excluding carboxylic acids is 1. The summed E-state index contributed by atoms with van der Waals surface area (Å²) in [6.07, 6.45) is 1.76. The van der Waals surface area contributed by atoms with Gasteiger partial charge in [-0.15, -0.1) is 5.73 Å². The molecule has 2 nitrogen and oxygen atoms in total. The van der Waals surface area contributed by atoms with Gasteiger partial charge in [-0.2, -0.15) is 0 Å². The first kappa shape index (κ1) is 12.8. The lowest BCUT2D eigenvalue weighted by Gasteiger charge is -1.98. The van der Waals surface area contributed by atoms with Crippen LogP contribution in [0.2, 0.25) is 0 Å². The summed E-state index contributed by atoms with van der Waals surface area (Å²) in [7, 11) is 0. The second-order valence-electron chi connectivity index (χ2n) is 3.16. The Kier molecular flexibility index (Phi) is 5.03. The third-order valence-electron chi connectivity index (χ3n) is 1.93. The van der Waals surface area contributed by atoms with Gasteiger partial charge >= 0.3 is 5.97 Å². The molecule has 0 bridgehead atoms. The minimum atomic E-state index is -0.328. The molecule has 0 unspecified atom stereocenters. The minimum absolute atomic E-state index is 0.328. The largest absolute Gasteiger partial charge is 0.462 e. The monoisotopic (exact) mass is 280 g/mol. The number of halogens is 1. The van der Waals surface area contributed by atoms with Gasteiger partial charge < -0.3 is 4.74 Å². The average Bonchev–Trinajstić information content (AvgIpc) is 2.28. The van der Waals surface area contributed by atoms with Gasteiger partial charge in [0.25, 0.3) is 0 Å². The minimum Gasteiger partial charge on any atom is -0.462 e. The molecule has 16 heavy (non-hydrogen) atoms. The van der Waals surface area contributed by atoms with Gasteiger partial charge in [-0.25, -0.2) is 4.79 Å². The molecule has 0 aliphatic rings. The van der Waals surface area contributed by atoms with Gasteiger partial charge in [-0.1, -0.05) is 34.1 Å². The first-order valence-electron chi connectivity index (χ1n) is 5.00. The maximum absolute atomic E-state index is 11.3. The molecule has 3 heteroatoms. The number of carbonyl (C=O) groups is 1. The van der Waals surface area contributed by atoms with E-state index in [0.29, 0.717) is 12.2 Å². The van der Waals surface area contributed by atoms with Gasteiger partial charge in [-0.3, -0.25) is 0 Å². The Balaban J connectivity index is 2.91. The summed E-state index contributed by atoms with van der Waals surface area (Å²) in [6.45, 7) is 3.85. The zero-order valence-corrected chi connectivity index (χ0v) is 10.9. The predicted octanol–water partition coefficient (Wildman–Crippen LogP) is 3.57. The SMILES string of the molecule is CCOC(=O)C(C)=C=Cc1ccccc1Br. The van der Waals surface area contributed by atoms with Gasteiger partial charge in [0, 0.05) is 4.47 Å². The standard InChI is InChI=1S/C13H13BrO2/c1-3-16-13(15)10(2)8-9-11-6-4-5-7-12(11)14/h4-7,9H,3H2,1-2H3. The van der Waals surface area contributed by atoms with Crippen LogP contribution in [0.15, 0.2) is 40.0 Å². The number of benzene rings is 1. The summed E-state index contributed by atoms with van der Waals surface area (Å²) in [5, 5.41) is 0. The van der Waals surface area contributed by atoms with E-state index in [0.717, 1.165) is 10.0 Å².